The lowest BCUT2D eigenvalue weighted by Gasteiger charge is -2.00. The molecule has 0 saturated carbocycles. The molecule has 0 unspecified atom stereocenters. The van der Waals surface area contributed by atoms with Crippen molar-refractivity contribution in [1.29, 1.82) is 0 Å². The molecule has 0 atom stereocenters. The molecule has 0 spiro atoms. The second-order valence-corrected chi connectivity index (χ2v) is 5.15. The largest absolute Gasteiger partial charge is 0.145 e. The van der Waals surface area contributed by atoms with Crippen LogP contribution in [0.5, 0.6) is 0 Å². The lowest BCUT2D eigenvalue weighted by atomic mass is 10.1. The Labute approximate surface area is 99.5 Å². The number of hydrogen-bond acceptors (Lipinski definition) is 1. The van der Waals surface area contributed by atoms with E-state index in [1.807, 2.05) is 29.5 Å². The quantitative estimate of drug-likeness (QED) is 0.733. The Balaban J connectivity index is 2.18. The van der Waals surface area contributed by atoms with Crippen molar-refractivity contribution < 1.29 is 0 Å². The van der Waals surface area contributed by atoms with E-state index in [1.54, 1.807) is 0 Å². The van der Waals surface area contributed by atoms with Crippen LogP contribution in [0.3, 0.4) is 0 Å². The van der Waals surface area contributed by atoms with Crippen LogP contribution in [0.15, 0.2) is 36.4 Å². The van der Waals surface area contributed by atoms with Gasteiger partial charge in [0.1, 0.15) is 0 Å². The molecule has 0 fully saturated rings. The van der Waals surface area contributed by atoms with Crippen molar-refractivity contribution in [3.8, 4) is 0 Å². The molecule has 0 bridgehead atoms. The lowest BCUT2D eigenvalue weighted by Crippen LogP contribution is -1.84. The summed E-state index contributed by atoms with van der Waals surface area (Å²) in [6, 6.07) is 12.5. The zero-order chi connectivity index (χ0) is 10.7. The molecule has 0 N–H and O–H groups in total. The van der Waals surface area contributed by atoms with Crippen LogP contribution in [-0.4, -0.2) is 0 Å². The normalized spacial score (nSPS) is 10.5. The first-order valence-electron chi connectivity index (χ1n) is 5.10. The van der Waals surface area contributed by atoms with Crippen molar-refractivity contribution in [2.24, 2.45) is 0 Å². The van der Waals surface area contributed by atoms with Gasteiger partial charge in [0.15, 0.2) is 0 Å². The Morgan fingerprint density at radius 3 is 2.47 bits per heavy atom. The monoisotopic (exact) mass is 236 g/mol. The van der Waals surface area contributed by atoms with Crippen LogP contribution in [0, 0.1) is 0 Å². The van der Waals surface area contributed by atoms with E-state index >= 15 is 0 Å². The van der Waals surface area contributed by atoms with Gasteiger partial charge >= 0.3 is 0 Å². The highest BCUT2D eigenvalue weighted by Crippen LogP contribution is 2.23. The van der Waals surface area contributed by atoms with Gasteiger partial charge < -0.3 is 0 Å². The van der Waals surface area contributed by atoms with Crippen molar-refractivity contribution in [3.05, 3.63) is 56.7 Å². The molecule has 2 rings (SSSR count). The standard InChI is InChI=1S/C13H13ClS/c1-2-11-7-8-12(15-11)9-10-5-3-4-6-13(10)14/h3-8H,2,9H2,1H3. The third-order valence-corrected chi connectivity index (χ3v) is 3.99. The van der Waals surface area contributed by atoms with Crippen molar-refractivity contribution in [2.75, 3.05) is 0 Å². The molecule has 0 saturated heterocycles. The second-order valence-electron chi connectivity index (χ2n) is 3.49. The molecule has 0 nitrogen and oxygen atoms in total. The first-order chi connectivity index (χ1) is 7.29. The molecule has 0 aliphatic rings. The van der Waals surface area contributed by atoms with E-state index < -0.39 is 0 Å². The fraction of sp³-hybridized carbons (Fsp3) is 0.231. The third-order valence-electron chi connectivity index (χ3n) is 2.39. The Morgan fingerprint density at radius 2 is 1.80 bits per heavy atom. The van der Waals surface area contributed by atoms with Gasteiger partial charge in [-0.2, -0.15) is 0 Å². The highest BCUT2D eigenvalue weighted by atomic mass is 35.5. The summed E-state index contributed by atoms with van der Waals surface area (Å²) in [7, 11) is 0. The van der Waals surface area contributed by atoms with Crippen molar-refractivity contribution in [1.82, 2.24) is 0 Å². The summed E-state index contributed by atoms with van der Waals surface area (Å²) >= 11 is 8.00. The predicted molar refractivity (Wildman–Crippen MR) is 68.0 cm³/mol. The molecular formula is C13H13ClS. The average Bonchev–Trinajstić information content (AvgIpc) is 2.69. The fourth-order valence-corrected chi connectivity index (χ4v) is 2.72. The van der Waals surface area contributed by atoms with E-state index in [1.165, 1.54) is 15.3 Å². The first-order valence-corrected chi connectivity index (χ1v) is 6.30. The van der Waals surface area contributed by atoms with Gasteiger partial charge in [-0.25, -0.2) is 0 Å². The van der Waals surface area contributed by atoms with Gasteiger partial charge in [0.2, 0.25) is 0 Å². The molecule has 0 aliphatic heterocycles. The molecule has 2 aromatic rings. The predicted octanol–water partition coefficient (Wildman–Crippen LogP) is 4.55. The molecule has 1 aromatic carbocycles. The van der Waals surface area contributed by atoms with Gasteiger partial charge in [-0.15, -0.1) is 11.3 Å². The molecule has 2 heteroatoms. The first kappa shape index (κ1) is 10.7. The maximum atomic E-state index is 6.12. The van der Waals surface area contributed by atoms with E-state index in [9.17, 15) is 0 Å². The number of rotatable bonds is 3. The van der Waals surface area contributed by atoms with Crippen LogP contribution in [-0.2, 0) is 12.8 Å². The van der Waals surface area contributed by atoms with Crippen LogP contribution in [0.1, 0.15) is 22.2 Å². The van der Waals surface area contributed by atoms with E-state index in [0.717, 1.165) is 17.9 Å². The zero-order valence-electron chi connectivity index (χ0n) is 8.66. The highest BCUT2D eigenvalue weighted by Gasteiger charge is 2.03. The van der Waals surface area contributed by atoms with Crippen LogP contribution >= 0.6 is 22.9 Å². The molecule has 0 aliphatic carbocycles. The minimum Gasteiger partial charge on any atom is -0.145 e. The second kappa shape index (κ2) is 4.82. The Kier molecular flexibility index (Phi) is 3.45. The highest BCUT2D eigenvalue weighted by molar-refractivity contribution is 7.12. The van der Waals surface area contributed by atoms with Crippen LogP contribution < -0.4 is 0 Å². The molecule has 0 amide bonds. The molecule has 0 radical (unpaired) electrons. The number of thiophene rings is 1. The summed E-state index contributed by atoms with van der Waals surface area (Å²) in [6.45, 7) is 2.19. The van der Waals surface area contributed by atoms with Gasteiger partial charge in [0.25, 0.3) is 0 Å². The van der Waals surface area contributed by atoms with E-state index in [4.69, 9.17) is 11.6 Å². The van der Waals surface area contributed by atoms with Gasteiger partial charge in [-0.05, 0) is 30.2 Å². The Morgan fingerprint density at radius 1 is 1.07 bits per heavy atom. The third kappa shape index (κ3) is 2.61. The van der Waals surface area contributed by atoms with Gasteiger partial charge in [-0.1, -0.05) is 36.7 Å². The SMILES string of the molecule is CCc1ccc(Cc2ccccc2Cl)s1. The van der Waals surface area contributed by atoms with Gasteiger partial charge in [0.05, 0.1) is 0 Å². The molecule has 15 heavy (non-hydrogen) atoms. The summed E-state index contributed by atoms with van der Waals surface area (Å²) in [5.41, 5.74) is 1.21. The summed E-state index contributed by atoms with van der Waals surface area (Å²) in [4.78, 5) is 2.83. The van der Waals surface area contributed by atoms with E-state index in [-0.39, 0.29) is 0 Å². The van der Waals surface area contributed by atoms with E-state index in [2.05, 4.69) is 25.1 Å². The van der Waals surface area contributed by atoms with Gasteiger partial charge in [-0.3, -0.25) is 0 Å². The maximum absolute atomic E-state index is 6.12. The minimum absolute atomic E-state index is 0.865. The molecule has 78 valence electrons. The summed E-state index contributed by atoms with van der Waals surface area (Å²) in [5.74, 6) is 0. The summed E-state index contributed by atoms with van der Waals surface area (Å²) < 4.78 is 0. The summed E-state index contributed by atoms with van der Waals surface area (Å²) in [5, 5.41) is 0.865. The molecule has 1 aromatic heterocycles. The Bertz CT molecular complexity index is 445. The minimum atomic E-state index is 0.865. The average molecular weight is 237 g/mol. The summed E-state index contributed by atoms with van der Waals surface area (Å²) in [6.07, 6.45) is 2.07. The topological polar surface area (TPSA) is 0 Å². The molecular weight excluding hydrogens is 224 g/mol. The van der Waals surface area contributed by atoms with Crippen molar-refractivity contribution in [3.63, 3.8) is 0 Å². The van der Waals surface area contributed by atoms with Crippen LogP contribution in [0.2, 0.25) is 5.02 Å². The maximum Gasteiger partial charge on any atom is 0.0441 e. The number of benzene rings is 1. The fourth-order valence-electron chi connectivity index (χ4n) is 1.54. The number of aryl methyl sites for hydroxylation is 1. The molecule has 1 heterocycles. The van der Waals surface area contributed by atoms with E-state index in [0.29, 0.717) is 0 Å². The van der Waals surface area contributed by atoms with Crippen LogP contribution in [0.4, 0.5) is 0 Å². The van der Waals surface area contributed by atoms with Crippen molar-refractivity contribution >= 4 is 22.9 Å². The number of halogens is 1. The van der Waals surface area contributed by atoms with Crippen LogP contribution in [0.25, 0.3) is 0 Å². The van der Waals surface area contributed by atoms with Gasteiger partial charge in [0, 0.05) is 21.2 Å². The zero-order valence-corrected chi connectivity index (χ0v) is 10.2. The Hall–Kier alpha value is -0.790. The number of hydrogen-bond donors (Lipinski definition) is 0. The lowest BCUT2D eigenvalue weighted by molar-refractivity contribution is 1.19. The smallest absolute Gasteiger partial charge is 0.0441 e. The van der Waals surface area contributed by atoms with Crippen molar-refractivity contribution in [2.45, 2.75) is 19.8 Å².